The highest BCUT2D eigenvalue weighted by molar-refractivity contribution is 7.09. The largest absolute Gasteiger partial charge is 0.354 e. The van der Waals surface area contributed by atoms with E-state index < -0.39 is 0 Å². The third kappa shape index (κ3) is 4.14. The Morgan fingerprint density at radius 2 is 2.19 bits per heavy atom. The summed E-state index contributed by atoms with van der Waals surface area (Å²) in [6.07, 6.45) is 1.27. The maximum absolute atomic E-state index is 11.9. The summed E-state index contributed by atoms with van der Waals surface area (Å²) < 4.78 is 1.96. The molecule has 0 aliphatic heterocycles. The van der Waals surface area contributed by atoms with Crippen molar-refractivity contribution >= 4 is 17.2 Å². The van der Waals surface area contributed by atoms with Crippen molar-refractivity contribution in [3.63, 3.8) is 0 Å². The zero-order chi connectivity index (χ0) is 15.4. The molecule has 0 radical (unpaired) electrons. The highest BCUT2D eigenvalue weighted by Crippen LogP contribution is 2.14. The first kappa shape index (κ1) is 15.7. The lowest BCUT2D eigenvalue weighted by atomic mass is 10.2. The summed E-state index contributed by atoms with van der Waals surface area (Å²) in [4.78, 5) is 17.3. The molecule has 1 amide bonds. The van der Waals surface area contributed by atoms with E-state index in [0.717, 1.165) is 23.5 Å². The van der Waals surface area contributed by atoms with Gasteiger partial charge in [-0.1, -0.05) is 0 Å². The van der Waals surface area contributed by atoms with Crippen molar-refractivity contribution < 1.29 is 4.79 Å². The second-order valence-corrected chi connectivity index (χ2v) is 6.33. The van der Waals surface area contributed by atoms with Gasteiger partial charge in [-0.05, 0) is 40.2 Å². The molecule has 6 heteroatoms. The van der Waals surface area contributed by atoms with Gasteiger partial charge in [0, 0.05) is 23.5 Å². The van der Waals surface area contributed by atoms with Gasteiger partial charge >= 0.3 is 0 Å². The summed E-state index contributed by atoms with van der Waals surface area (Å²) in [7, 11) is 0. The average molecular weight is 306 g/mol. The lowest BCUT2D eigenvalue weighted by Gasteiger charge is -2.15. The first-order chi connectivity index (χ1) is 9.97. The second-order valence-electron chi connectivity index (χ2n) is 5.39. The fourth-order valence-corrected chi connectivity index (χ4v) is 3.10. The van der Waals surface area contributed by atoms with E-state index in [1.54, 1.807) is 11.3 Å². The minimum absolute atomic E-state index is 0.0798. The summed E-state index contributed by atoms with van der Waals surface area (Å²) in [6.45, 7) is 8.65. The van der Waals surface area contributed by atoms with E-state index in [1.807, 2.05) is 37.0 Å². The minimum atomic E-state index is 0.0798. The highest BCUT2D eigenvalue weighted by Gasteiger charge is 2.11. The zero-order valence-electron chi connectivity index (χ0n) is 13.0. The normalized spacial score (nSPS) is 12.4. The van der Waals surface area contributed by atoms with E-state index in [0.29, 0.717) is 13.0 Å². The molecular formula is C15H22N4OS. The lowest BCUT2D eigenvalue weighted by Crippen LogP contribution is -2.30. The van der Waals surface area contributed by atoms with Crippen LogP contribution in [-0.2, 0) is 11.2 Å². The van der Waals surface area contributed by atoms with Crippen molar-refractivity contribution in [2.45, 2.75) is 46.6 Å². The molecule has 2 aromatic rings. The molecule has 114 valence electrons. The molecule has 21 heavy (non-hydrogen) atoms. The van der Waals surface area contributed by atoms with Gasteiger partial charge in [0.15, 0.2) is 0 Å². The molecule has 0 aliphatic rings. The number of aromatic nitrogens is 3. The number of nitrogens with zero attached hydrogens (tertiary/aromatic N) is 3. The molecule has 2 rings (SSSR count). The number of carbonyl (C=O) groups is 1. The number of carbonyl (C=O) groups excluding carboxylic acids is 1. The van der Waals surface area contributed by atoms with Gasteiger partial charge < -0.3 is 5.32 Å². The van der Waals surface area contributed by atoms with Crippen LogP contribution < -0.4 is 5.32 Å². The number of thiazole rings is 1. The molecule has 0 fully saturated rings. The van der Waals surface area contributed by atoms with E-state index in [2.05, 4.69) is 22.3 Å². The van der Waals surface area contributed by atoms with Gasteiger partial charge in [-0.15, -0.1) is 11.3 Å². The zero-order valence-corrected chi connectivity index (χ0v) is 13.8. The summed E-state index contributed by atoms with van der Waals surface area (Å²) >= 11 is 1.61. The predicted octanol–water partition coefficient (Wildman–Crippen LogP) is 2.57. The van der Waals surface area contributed by atoms with Crippen molar-refractivity contribution in [2.24, 2.45) is 0 Å². The van der Waals surface area contributed by atoms with Gasteiger partial charge in [0.1, 0.15) is 0 Å². The number of hydrogen-bond acceptors (Lipinski definition) is 4. The first-order valence-electron chi connectivity index (χ1n) is 7.15. The molecule has 0 spiro atoms. The quantitative estimate of drug-likeness (QED) is 0.892. The van der Waals surface area contributed by atoms with Crippen LogP contribution in [0.5, 0.6) is 0 Å². The predicted molar refractivity (Wildman–Crippen MR) is 84.6 cm³/mol. The van der Waals surface area contributed by atoms with E-state index in [1.165, 1.54) is 4.88 Å². The average Bonchev–Trinajstić information content (AvgIpc) is 2.99. The molecule has 1 unspecified atom stereocenters. The van der Waals surface area contributed by atoms with Gasteiger partial charge in [-0.25, -0.2) is 4.98 Å². The van der Waals surface area contributed by atoms with Crippen LogP contribution in [0.25, 0.3) is 0 Å². The van der Waals surface area contributed by atoms with E-state index in [-0.39, 0.29) is 11.9 Å². The molecule has 1 atom stereocenters. The Balaban J connectivity index is 1.78. The monoisotopic (exact) mass is 306 g/mol. The molecule has 2 aromatic heterocycles. The Bertz CT molecular complexity index is 617. The summed E-state index contributed by atoms with van der Waals surface area (Å²) in [5.74, 6) is 0.0798. The molecule has 0 saturated carbocycles. The Hall–Kier alpha value is -1.69. The van der Waals surface area contributed by atoms with Crippen LogP contribution in [0.1, 0.15) is 41.3 Å². The smallest absolute Gasteiger partial charge is 0.220 e. The van der Waals surface area contributed by atoms with Gasteiger partial charge in [0.2, 0.25) is 5.91 Å². The fraction of sp³-hybridized carbons (Fsp3) is 0.533. The van der Waals surface area contributed by atoms with Crippen molar-refractivity contribution in [1.82, 2.24) is 20.1 Å². The van der Waals surface area contributed by atoms with Crippen molar-refractivity contribution in [3.8, 4) is 0 Å². The fourth-order valence-electron chi connectivity index (χ4n) is 2.32. The van der Waals surface area contributed by atoms with Crippen LogP contribution in [0.4, 0.5) is 0 Å². The second kappa shape index (κ2) is 6.85. The SMILES string of the molecule is Cc1cc(C)n(C(C)CNC(=O)CCc2scnc2C)n1. The molecule has 2 heterocycles. The number of rotatable bonds is 6. The summed E-state index contributed by atoms with van der Waals surface area (Å²) in [5, 5.41) is 7.43. The van der Waals surface area contributed by atoms with Gasteiger partial charge in [-0.3, -0.25) is 9.48 Å². The molecule has 0 bridgehead atoms. The Labute approximate surface area is 129 Å². The van der Waals surface area contributed by atoms with Crippen molar-refractivity contribution in [3.05, 3.63) is 33.5 Å². The number of amides is 1. The van der Waals surface area contributed by atoms with Crippen LogP contribution in [-0.4, -0.2) is 27.2 Å². The summed E-state index contributed by atoms with van der Waals surface area (Å²) in [5.41, 5.74) is 4.98. The van der Waals surface area contributed by atoms with Crippen molar-refractivity contribution in [1.29, 1.82) is 0 Å². The first-order valence-corrected chi connectivity index (χ1v) is 8.03. The molecule has 5 nitrogen and oxygen atoms in total. The van der Waals surface area contributed by atoms with E-state index >= 15 is 0 Å². The molecular weight excluding hydrogens is 284 g/mol. The van der Waals surface area contributed by atoms with Crippen LogP contribution in [0.15, 0.2) is 11.6 Å². The number of hydrogen-bond donors (Lipinski definition) is 1. The van der Waals surface area contributed by atoms with Crippen molar-refractivity contribution in [2.75, 3.05) is 6.54 Å². The highest BCUT2D eigenvalue weighted by atomic mass is 32.1. The Morgan fingerprint density at radius 3 is 2.76 bits per heavy atom. The topological polar surface area (TPSA) is 59.8 Å². The summed E-state index contributed by atoms with van der Waals surface area (Å²) in [6, 6.07) is 2.21. The number of nitrogens with one attached hydrogen (secondary N) is 1. The van der Waals surface area contributed by atoms with Crippen LogP contribution >= 0.6 is 11.3 Å². The molecule has 0 aromatic carbocycles. The third-order valence-electron chi connectivity index (χ3n) is 3.48. The number of aryl methyl sites for hydroxylation is 4. The molecule has 0 aliphatic carbocycles. The van der Waals surface area contributed by atoms with E-state index in [4.69, 9.17) is 0 Å². The van der Waals surface area contributed by atoms with Crippen LogP contribution in [0.2, 0.25) is 0 Å². The lowest BCUT2D eigenvalue weighted by molar-refractivity contribution is -0.121. The minimum Gasteiger partial charge on any atom is -0.354 e. The molecule has 1 N–H and O–H groups in total. The van der Waals surface area contributed by atoms with Gasteiger partial charge in [0.25, 0.3) is 0 Å². The van der Waals surface area contributed by atoms with Crippen LogP contribution in [0.3, 0.4) is 0 Å². The van der Waals surface area contributed by atoms with E-state index in [9.17, 15) is 4.79 Å². The maximum Gasteiger partial charge on any atom is 0.220 e. The van der Waals surface area contributed by atoms with Crippen LogP contribution in [0, 0.1) is 20.8 Å². The standard InChI is InChI=1S/C15H22N4OS/c1-10-7-11(2)19(18-10)12(3)8-16-15(20)6-5-14-13(4)17-9-21-14/h7,9,12H,5-6,8H2,1-4H3,(H,16,20). The van der Waals surface area contributed by atoms with Gasteiger partial charge in [0.05, 0.1) is 22.9 Å². The maximum atomic E-state index is 11.9. The third-order valence-corrected chi connectivity index (χ3v) is 4.48. The Morgan fingerprint density at radius 1 is 1.43 bits per heavy atom. The molecule has 0 saturated heterocycles. The Kier molecular flexibility index (Phi) is 5.12. The van der Waals surface area contributed by atoms with Gasteiger partial charge in [-0.2, -0.15) is 5.10 Å².